The summed E-state index contributed by atoms with van der Waals surface area (Å²) in [6.07, 6.45) is 64.4. The number of carbonyl (C=O) groups excluding carboxylic acids is 2. The molecular weight excluding hydrogens is 887 g/mol. The molecule has 412 valence electrons. The van der Waals surface area contributed by atoms with Gasteiger partial charge in [0, 0.05) is 12.8 Å². The molecule has 0 saturated carbocycles. The van der Waals surface area contributed by atoms with Crippen LogP contribution in [0.3, 0.4) is 0 Å². The van der Waals surface area contributed by atoms with E-state index in [9.17, 15) is 19.5 Å². The molecule has 0 radical (unpaired) electrons. The molecule has 0 aromatic heterocycles. The van der Waals surface area contributed by atoms with E-state index in [0.29, 0.717) is 17.4 Å². The van der Waals surface area contributed by atoms with Crippen molar-refractivity contribution in [3.63, 3.8) is 0 Å². The van der Waals surface area contributed by atoms with Gasteiger partial charge in [0.25, 0.3) is 6.29 Å². The van der Waals surface area contributed by atoms with Crippen molar-refractivity contribution >= 4 is 17.9 Å². The molecule has 0 aromatic rings. The fourth-order valence-electron chi connectivity index (χ4n) is 8.24. The lowest BCUT2D eigenvalue weighted by molar-refractivity contribution is -0.870. The van der Waals surface area contributed by atoms with E-state index in [1.165, 1.54) is 167 Å². The van der Waals surface area contributed by atoms with E-state index >= 15 is 0 Å². The van der Waals surface area contributed by atoms with E-state index in [0.717, 1.165) is 64.2 Å². The SMILES string of the molecule is CC/C=C\C/C=C\C/C=C\C/C=C\CCCCCCCCCCCCCCC(=O)OC(COC(=O)CCCCCCCCCCC/C=C\CCCCCCCCCC)COC(OCC[N+](C)(C)C)C(=O)O. The molecule has 0 aliphatic rings. The summed E-state index contributed by atoms with van der Waals surface area (Å²) in [7, 11) is 5.97. The Bertz CT molecular complexity index is 1350. The van der Waals surface area contributed by atoms with Gasteiger partial charge < -0.3 is 28.5 Å². The van der Waals surface area contributed by atoms with Crippen molar-refractivity contribution in [3.8, 4) is 0 Å². The first kappa shape index (κ1) is 68.0. The van der Waals surface area contributed by atoms with E-state index < -0.39 is 24.3 Å². The van der Waals surface area contributed by atoms with Gasteiger partial charge in [-0.05, 0) is 77.0 Å². The first-order chi connectivity index (χ1) is 34.6. The number of nitrogens with zero attached hydrogens (tertiary/aromatic N) is 1. The Kier molecular flexibility index (Phi) is 51.0. The highest BCUT2D eigenvalue weighted by atomic mass is 16.7. The molecule has 2 unspecified atom stereocenters. The van der Waals surface area contributed by atoms with Gasteiger partial charge in [0.15, 0.2) is 6.10 Å². The van der Waals surface area contributed by atoms with Crippen LogP contribution in [0.15, 0.2) is 60.8 Å². The molecule has 0 aliphatic heterocycles. The van der Waals surface area contributed by atoms with Gasteiger partial charge >= 0.3 is 17.9 Å². The van der Waals surface area contributed by atoms with Crippen LogP contribution in [0, 0.1) is 0 Å². The zero-order valence-corrected chi connectivity index (χ0v) is 46.9. The molecule has 0 aromatic carbocycles. The second kappa shape index (κ2) is 53.3. The number of aliphatic carboxylic acids is 1. The summed E-state index contributed by atoms with van der Waals surface area (Å²) in [4.78, 5) is 37.4. The molecule has 0 rings (SSSR count). The predicted molar refractivity (Wildman–Crippen MR) is 300 cm³/mol. The number of esters is 2. The fourth-order valence-corrected chi connectivity index (χ4v) is 8.24. The Hall–Kier alpha value is -3.01. The second-order valence-corrected chi connectivity index (χ2v) is 20.9. The Balaban J connectivity index is 4.24. The quantitative estimate of drug-likeness (QED) is 0.0211. The molecule has 9 nitrogen and oxygen atoms in total. The molecule has 0 spiro atoms. The summed E-state index contributed by atoms with van der Waals surface area (Å²) in [6.45, 7) is 4.79. The molecule has 0 bridgehead atoms. The number of ether oxygens (including phenoxy) is 4. The van der Waals surface area contributed by atoms with Crippen LogP contribution >= 0.6 is 0 Å². The number of quaternary nitrogens is 1. The van der Waals surface area contributed by atoms with Gasteiger partial charge in [0.1, 0.15) is 13.2 Å². The molecular formula is C62H112NO8+. The van der Waals surface area contributed by atoms with Crippen molar-refractivity contribution in [2.24, 2.45) is 0 Å². The maximum absolute atomic E-state index is 12.9. The van der Waals surface area contributed by atoms with Crippen LogP contribution in [0.1, 0.15) is 258 Å². The van der Waals surface area contributed by atoms with E-state index in [1.807, 2.05) is 21.1 Å². The number of likely N-dealkylation sites (N-methyl/N-ethyl adjacent to an activating group) is 1. The van der Waals surface area contributed by atoms with Gasteiger partial charge in [-0.3, -0.25) is 9.59 Å². The van der Waals surface area contributed by atoms with Crippen LogP contribution in [0.2, 0.25) is 0 Å². The minimum atomic E-state index is -1.51. The monoisotopic (exact) mass is 999 g/mol. The van der Waals surface area contributed by atoms with E-state index in [4.69, 9.17) is 18.9 Å². The number of allylic oxidation sites excluding steroid dienone is 10. The fraction of sp³-hybridized carbons (Fsp3) is 0.790. The number of rotatable bonds is 54. The largest absolute Gasteiger partial charge is 0.477 e. The van der Waals surface area contributed by atoms with Crippen molar-refractivity contribution in [1.29, 1.82) is 0 Å². The first-order valence-corrected chi connectivity index (χ1v) is 29.5. The summed E-state index contributed by atoms with van der Waals surface area (Å²) in [5.41, 5.74) is 0. The van der Waals surface area contributed by atoms with Crippen LogP contribution in [-0.4, -0.2) is 87.4 Å². The molecule has 0 aliphatic carbocycles. The highest BCUT2D eigenvalue weighted by Crippen LogP contribution is 2.16. The van der Waals surface area contributed by atoms with E-state index in [-0.39, 0.29) is 32.2 Å². The average molecular weight is 1000 g/mol. The molecule has 71 heavy (non-hydrogen) atoms. The van der Waals surface area contributed by atoms with Gasteiger partial charge in [0.2, 0.25) is 0 Å². The topological polar surface area (TPSA) is 108 Å². The van der Waals surface area contributed by atoms with E-state index in [1.54, 1.807) is 0 Å². The van der Waals surface area contributed by atoms with Crippen LogP contribution in [0.5, 0.6) is 0 Å². The number of hydrogen-bond acceptors (Lipinski definition) is 7. The normalized spacial score (nSPS) is 13.2. The molecule has 2 atom stereocenters. The van der Waals surface area contributed by atoms with Gasteiger partial charge in [0.05, 0.1) is 34.4 Å². The minimum absolute atomic E-state index is 0.184. The molecule has 1 N–H and O–H groups in total. The van der Waals surface area contributed by atoms with Crippen LogP contribution < -0.4 is 0 Å². The van der Waals surface area contributed by atoms with Crippen LogP contribution in [0.4, 0.5) is 0 Å². The highest BCUT2D eigenvalue weighted by molar-refractivity contribution is 5.71. The standard InChI is InChI=1S/C62H111NO8/c1-6-8-10-12-14-16-18-20-22-24-26-28-29-30-31-33-35-37-39-41-43-45-47-49-51-53-60(65)71-58(57-70-62(61(66)67)68-55-54-63(3,4)5)56-69-59(64)52-50-48-46-44-42-40-38-36-34-32-27-25-23-21-19-17-15-13-11-9-7-2/h8,10,14,16,20,22,25-28,58,62H,6-7,9,11-13,15,17-19,21,23-24,29-57H2,1-5H3/p+1/b10-8-,16-14-,22-20-,27-25-,28-26-. The lowest BCUT2D eigenvalue weighted by atomic mass is 10.0. The third-order valence-corrected chi connectivity index (χ3v) is 12.8. The predicted octanol–water partition coefficient (Wildman–Crippen LogP) is 17.2. The number of carboxylic acid groups (broad SMARTS) is 1. The van der Waals surface area contributed by atoms with Crippen molar-refractivity contribution in [2.45, 2.75) is 270 Å². The van der Waals surface area contributed by atoms with E-state index in [2.05, 4.69) is 74.6 Å². The van der Waals surface area contributed by atoms with Crippen molar-refractivity contribution in [1.82, 2.24) is 0 Å². The third kappa shape index (κ3) is 54.6. The van der Waals surface area contributed by atoms with Crippen LogP contribution in [-0.2, 0) is 33.3 Å². The molecule has 0 heterocycles. The lowest BCUT2D eigenvalue weighted by Crippen LogP contribution is -2.40. The first-order valence-electron chi connectivity index (χ1n) is 29.5. The number of hydrogen-bond donors (Lipinski definition) is 1. The van der Waals surface area contributed by atoms with Crippen molar-refractivity contribution < 1.29 is 42.9 Å². The summed E-state index contributed by atoms with van der Waals surface area (Å²) < 4.78 is 22.9. The molecule has 0 amide bonds. The Labute approximate surface area is 437 Å². The zero-order valence-electron chi connectivity index (χ0n) is 46.9. The van der Waals surface area contributed by atoms with Gasteiger partial charge in [-0.15, -0.1) is 0 Å². The minimum Gasteiger partial charge on any atom is -0.477 e. The summed E-state index contributed by atoms with van der Waals surface area (Å²) >= 11 is 0. The Morgan fingerprint density at radius 2 is 0.803 bits per heavy atom. The molecule has 0 fully saturated rings. The number of carboxylic acids is 1. The zero-order chi connectivity index (χ0) is 52.0. The number of carbonyl (C=O) groups is 3. The number of unbranched alkanes of at least 4 members (excludes halogenated alkanes) is 29. The van der Waals surface area contributed by atoms with Gasteiger partial charge in [-0.2, -0.15) is 0 Å². The highest BCUT2D eigenvalue weighted by Gasteiger charge is 2.25. The molecule has 9 heteroatoms. The summed E-state index contributed by atoms with van der Waals surface area (Å²) in [6, 6.07) is 0. The van der Waals surface area contributed by atoms with Crippen LogP contribution in [0.25, 0.3) is 0 Å². The van der Waals surface area contributed by atoms with Crippen molar-refractivity contribution in [3.05, 3.63) is 60.8 Å². The maximum Gasteiger partial charge on any atom is 0.361 e. The maximum atomic E-state index is 12.9. The average Bonchev–Trinajstić information content (AvgIpc) is 3.34. The smallest absolute Gasteiger partial charge is 0.361 e. The third-order valence-electron chi connectivity index (χ3n) is 12.8. The Morgan fingerprint density at radius 1 is 0.437 bits per heavy atom. The van der Waals surface area contributed by atoms with Gasteiger partial charge in [-0.25, -0.2) is 4.79 Å². The van der Waals surface area contributed by atoms with Crippen molar-refractivity contribution in [2.75, 3.05) is 47.5 Å². The van der Waals surface area contributed by atoms with Gasteiger partial charge in [-0.1, -0.05) is 229 Å². The summed E-state index contributed by atoms with van der Waals surface area (Å²) in [5.74, 6) is -2.00. The lowest BCUT2D eigenvalue weighted by Gasteiger charge is -2.25. The second-order valence-electron chi connectivity index (χ2n) is 20.9. The molecule has 0 saturated heterocycles. The Morgan fingerprint density at radius 3 is 1.21 bits per heavy atom. The summed E-state index contributed by atoms with van der Waals surface area (Å²) in [5, 5.41) is 9.71.